The molecule has 0 saturated carbocycles. The van der Waals surface area contributed by atoms with Gasteiger partial charge in [-0.3, -0.25) is 0 Å². The van der Waals surface area contributed by atoms with Crippen molar-refractivity contribution in [1.82, 2.24) is 5.32 Å². The Balaban J connectivity index is 1.83. The van der Waals surface area contributed by atoms with E-state index < -0.39 is 0 Å². The monoisotopic (exact) mass is 287 g/mol. The zero-order chi connectivity index (χ0) is 15.1. The lowest BCUT2D eigenvalue weighted by atomic mass is 10.1. The van der Waals surface area contributed by atoms with Gasteiger partial charge < -0.3 is 20.3 Å². The van der Waals surface area contributed by atoms with Crippen LogP contribution in [0.1, 0.15) is 18.1 Å². The van der Waals surface area contributed by atoms with Gasteiger partial charge in [0.2, 0.25) is 0 Å². The van der Waals surface area contributed by atoms with E-state index in [1.165, 1.54) is 0 Å². The number of hydrogen-bond donors (Lipinski definition) is 3. The van der Waals surface area contributed by atoms with Crippen molar-refractivity contribution in [3.05, 3.63) is 53.6 Å². The highest BCUT2D eigenvalue weighted by Gasteiger charge is 2.07. The van der Waals surface area contributed by atoms with E-state index in [1.54, 1.807) is 18.2 Å². The third-order valence-corrected chi connectivity index (χ3v) is 3.22. The lowest BCUT2D eigenvalue weighted by Gasteiger charge is -2.11. The lowest BCUT2D eigenvalue weighted by Crippen LogP contribution is -2.16. The van der Waals surface area contributed by atoms with E-state index in [9.17, 15) is 10.2 Å². The summed E-state index contributed by atoms with van der Waals surface area (Å²) >= 11 is 0. The molecular weight excluding hydrogens is 266 g/mol. The number of phenolic OH excluding ortho intramolecular Hbond substituents is 2. The van der Waals surface area contributed by atoms with Gasteiger partial charge >= 0.3 is 0 Å². The molecule has 0 aliphatic heterocycles. The number of ether oxygens (including phenoxy) is 1. The first-order valence-electron chi connectivity index (χ1n) is 7.13. The van der Waals surface area contributed by atoms with E-state index in [-0.39, 0.29) is 11.5 Å². The summed E-state index contributed by atoms with van der Waals surface area (Å²) in [6.45, 7) is 3.81. The van der Waals surface area contributed by atoms with Crippen molar-refractivity contribution in [2.24, 2.45) is 0 Å². The largest absolute Gasteiger partial charge is 0.508 e. The maximum atomic E-state index is 10.1. The van der Waals surface area contributed by atoms with Crippen molar-refractivity contribution >= 4 is 0 Å². The molecule has 0 aliphatic carbocycles. The molecule has 112 valence electrons. The highest BCUT2D eigenvalue weighted by atomic mass is 16.5. The Morgan fingerprint density at radius 3 is 2.52 bits per heavy atom. The molecule has 3 N–H and O–H groups in total. The first kappa shape index (κ1) is 15.2. The van der Waals surface area contributed by atoms with Gasteiger partial charge in [0.05, 0.1) is 6.61 Å². The molecule has 0 spiro atoms. The number of rotatable bonds is 7. The standard InChI is InChI=1S/C17H21NO3/c1-2-21-16-5-3-4-14(17(16)20)12-18-11-10-13-6-8-15(19)9-7-13/h3-9,18-20H,2,10-12H2,1H3. The van der Waals surface area contributed by atoms with Crippen molar-refractivity contribution in [2.75, 3.05) is 13.2 Å². The van der Waals surface area contributed by atoms with Crippen LogP contribution in [0, 0.1) is 0 Å². The molecule has 0 fully saturated rings. The first-order valence-corrected chi connectivity index (χ1v) is 7.13. The molecule has 0 unspecified atom stereocenters. The van der Waals surface area contributed by atoms with Crippen LogP contribution >= 0.6 is 0 Å². The molecule has 2 aromatic rings. The van der Waals surface area contributed by atoms with Crippen LogP contribution in [0.25, 0.3) is 0 Å². The molecule has 2 aromatic carbocycles. The van der Waals surface area contributed by atoms with Crippen molar-refractivity contribution in [2.45, 2.75) is 19.9 Å². The lowest BCUT2D eigenvalue weighted by molar-refractivity contribution is 0.316. The molecular formula is C17H21NO3. The minimum Gasteiger partial charge on any atom is -0.508 e. The van der Waals surface area contributed by atoms with Crippen molar-refractivity contribution < 1.29 is 14.9 Å². The molecule has 4 heteroatoms. The second kappa shape index (κ2) is 7.55. The Bertz CT molecular complexity index is 567. The van der Waals surface area contributed by atoms with Crippen LogP contribution in [0.3, 0.4) is 0 Å². The SMILES string of the molecule is CCOc1cccc(CNCCc2ccc(O)cc2)c1O. The fourth-order valence-corrected chi connectivity index (χ4v) is 2.10. The normalized spacial score (nSPS) is 10.5. The predicted molar refractivity (Wildman–Crippen MR) is 82.8 cm³/mol. The van der Waals surface area contributed by atoms with Crippen LogP contribution in [-0.2, 0) is 13.0 Å². The topological polar surface area (TPSA) is 61.7 Å². The van der Waals surface area contributed by atoms with Gasteiger partial charge in [-0.25, -0.2) is 0 Å². The maximum Gasteiger partial charge on any atom is 0.162 e. The van der Waals surface area contributed by atoms with E-state index in [4.69, 9.17) is 4.74 Å². The molecule has 0 amide bonds. The van der Waals surface area contributed by atoms with Crippen LogP contribution in [0.5, 0.6) is 17.2 Å². The molecule has 0 saturated heterocycles. The second-order valence-corrected chi connectivity index (χ2v) is 4.79. The van der Waals surface area contributed by atoms with Crippen LogP contribution in [0.4, 0.5) is 0 Å². The average molecular weight is 287 g/mol. The smallest absolute Gasteiger partial charge is 0.162 e. The third-order valence-electron chi connectivity index (χ3n) is 3.22. The van der Waals surface area contributed by atoms with Gasteiger partial charge in [0.1, 0.15) is 5.75 Å². The number of hydrogen-bond acceptors (Lipinski definition) is 4. The summed E-state index contributed by atoms with van der Waals surface area (Å²) < 4.78 is 5.36. The maximum absolute atomic E-state index is 10.1. The van der Waals surface area contributed by atoms with Crippen molar-refractivity contribution in [3.63, 3.8) is 0 Å². The first-order chi connectivity index (χ1) is 10.2. The Morgan fingerprint density at radius 1 is 1.05 bits per heavy atom. The molecule has 21 heavy (non-hydrogen) atoms. The Labute approximate surface area is 125 Å². The average Bonchev–Trinajstić information content (AvgIpc) is 2.49. The Morgan fingerprint density at radius 2 is 1.81 bits per heavy atom. The van der Waals surface area contributed by atoms with Crippen LogP contribution < -0.4 is 10.1 Å². The molecule has 2 rings (SSSR count). The van der Waals surface area contributed by atoms with Crippen LogP contribution in [-0.4, -0.2) is 23.4 Å². The van der Waals surface area contributed by atoms with Gasteiger partial charge in [-0.05, 0) is 43.7 Å². The predicted octanol–water partition coefficient (Wildman–Crippen LogP) is 2.83. The van der Waals surface area contributed by atoms with E-state index in [0.717, 1.165) is 24.1 Å². The van der Waals surface area contributed by atoms with Gasteiger partial charge in [-0.2, -0.15) is 0 Å². The molecule has 0 aromatic heterocycles. The number of nitrogens with one attached hydrogen (secondary N) is 1. The molecule has 0 heterocycles. The van der Waals surface area contributed by atoms with E-state index in [1.807, 2.05) is 31.2 Å². The second-order valence-electron chi connectivity index (χ2n) is 4.79. The fraction of sp³-hybridized carbons (Fsp3) is 0.294. The van der Waals surface area contributed by atoms with E-state index in [0.29, 0.717) is 18.9 Å². The molecule has 0 atom stereocenters. The highest BCUT2D eigenvalue weighted by molar-refractivity contribution is 5.45. The van der Waals surface area contributed by atoms with Crippen LogP contribution in [0.15, 0.2) is 42.5 Å². The fourth-order valence-electron chi connectivity index (χ4n) is 2.10. The minimum absolute atomic E-state index is 0.205. The van der Waals surface area contributed by atoms with Gasteiger partial charge in [-0.15, -0.1) is 0 Å². The molecule has 0 aliphatic rings. The summed E-state index contributed by atoms with van der Waals surface area (Å²) in [5.41, 5.74) is 1.99. The van der Waals surface area contributed by atoms with Gasteiger partial charge in [-0.1, -0.05) is 24.3 Å². The van der Waals surface area contributed by atoms with Gasteiger partial charge in [0.15, 0.2) is 11.5 Å². The summed E-state index contributed by atoms with van der Waals surface area (Å²) in [6, 6.07) is 12.7. The molecule has 0 bridgehead atoms. The number of benzene rings is 2. The summed E-state index contributed by atoms with van der Waals surface area (Å²) in [4.78, 5) is 0. The summed E-state index contributed by atoms with van der Waals surface area (Å²) in [5, 5.41) is 22.6. The quantitative estimate of drug-likeness (QED) is 0.685. The zero-order valence-corrected chi connectivity index (χ0v) is 12.2. The minimum atomic E-state index is 0.205. The van der Waals surface area contributed by atoms with Crippen LogP contribution in [0.2, 0.25) is 0 Å². The number of aromatic hydroxyl groups is 2. The Hall–Kier alpha value is -2.20. The van der Waals surface area contributed by atoms with Gasteiger partial charge in [0.25, 0.3) is 0 Å². The molecule has 4 nitrogen and oxygen atoms in total. The highest BCUT2D eigenvalue weighted by Crippen LogP contribution is 2.29. The third kappa shape index (κ3) is 4.39. The van der Waals surface area contributed by atoms with Gasteiger partial charge in [0, 0.05) is 12.1 Å². The number of phenols is 2. The van der Waals surface area contributed by atoms with Crippen molar-refractivity contribution in [1.29, 1.82) is 0 Å². The zero-order valence-electron chi connectivity index (χ0n) is 12.2. The number of para-hydroxylation sites is 1. The van der Waals surface area contributed by atoms with E-state index in [2.05, 4.69) is 5.32 Å². The molecule has 0 radical (unpaired) electrons. The van der Waals surface area contributed by atoms with E-state index >= 15 is 0 Å². The Kier molecular flexibility index (Phi) is 5.46. The summed E-state index contributed by atoms with van der Waals surface area (Å²) in [7, 11) is 0. The van der Waals surface area contributed by atoms with Crippen molar-refractivity contribution in [3.8, 4) is 17.2 Å². The summed E-state index contributed by atoms with van der Waals surface area (Å²) in [6.07, 6.45) is 0.867. The summed E-state index contributed by atoms with van der Waals surface area (Å²) in [5.74, 6) is 1.01.